The van der Waals surface area contributed by atoms with Crippen LogP contribution in [-0.4, -0.2) is 60.1 Å². The van der Waals surface area contributed by atoms with Crippen molar-refractivity contribution in [3.63, 3.8) is 0 Å². The Balaban J connectivity index is 1.71. The van der Waals surface area contributed by atoms with E-state index in [-0.39, 0.29) is 12.6 Å². The van der Waals surface area contributed by atoms with Crippen molar-refractivity contribution in [2.75, 3.05) is 46.3 Å². The molecule has 7 nitrogen and oxygen atoms in total. The molecule has 0 saturated carbocycles. The highest BCUT2D eigenvalue weighted by atomic mass is 32.2. The number of nitrogens with zero attached hydrogens (tertiary/aromatic N) is 2. The van der Waals surface area contributed by atoms with Crippen molar-refractivity contribution in [2.24, 2.45) is 0 Å². The van der Waals surface area contributed by atoms with E-state index < -0.39 is 15.3 Å². The summed E-state index contributed by atoms with van der Waals surface area (Å²) >= 11 is 0. The van der Waals surface area contributed by atoms with Crippen LogP contribution in [0.1, 0.15) is 17.2 Å². The van der Waals surface area contributed by atoms with Crippen molar-refractivity contribution < 1.29 is 18.0 Å². The number of nitrogens with one attached hydrogen (secondary N) is 1. The molecular weight excluding hydrogens is 390 g/mol. The second kappa shape index (κ2) is 9.13. The molecule has 0 spiro atoms. The fourth-order valence-electron chi connectivity index (χ4n) is 3.59. The van der Waals surface area contributed by atoms with Crippen molar-refractivity contribution in [1.29, 1.82) is 0 Å². The number of hydroxylamine groups is 2. The predicted octanol–water partition coefficient (Wildman–Crippen LogP) is 2.21. The number of ether oxygens (including phenoxy) is 1. The average molecular weight is 420 g/mol. The van der Waals surface area contributed by atoms with Crippen LogP contribution < -0.4 is 14.4 Å². The summed E-state index contributed by atoms with van der Waals surface area (Å²) in [6.45, 7) is 0.426. The Morgan fingerprint density at radius 1 is 1.17 bits per heavy atom. The van der Waals surface area contributed by atoms with Gasteiger partial charge in [-0.15, -0.1) is 0 Å². The fourth-order valence-corrected chi connectivity index (χ4v) is 5.10. The minimum Gasteiger partial charge on any atom is -0.496 e. The Labute approximate surface area is 173 Å². The van der Waals surface area contributed by atoms with E-state index in [1.54, 1.807) is 19.2 Å². The monoisotopic (exact) mass is 419 g/mol. The first kappa shape index (κ1) is 21.6. The first-order valence-electron chi connectivity index (χ1n) is 9.57. The van der Waals surface area contributed by atoms with E-state index in [1.165, 1.54) is 0 Å². The number of rotatable bonds is 8. The molecular formula is C21H29N3O4S. The molecule has 2 atom stereocenters. The largest absolute Gasteiger partial charge is 0.496 e. The van der Waals surface area contributed by atoms with Gasteiger partial charge in [-0.25, -0.2) is 13.1 Å². The van der Waals surface area contributed by atoms with Gasteiger partial charge in [-0.05, 0) is 35.7 Å². The Hall–Kier alpha value is -2.13. The molecule has 8 heteroatoms. The number of para-hydroxylation sites is 1. The highest BCUT2D eigenvalue weighted by molar-refractivity contribution is 7.90. The average Bonchev–Trinajstić information content (AvgIpc) is 3.10. The summed E-state index contributed by atoms with van der Waals surface area (Å²) in [7, 11) is 3.75. The zero-order valence-electron chi connectivity index (χ0n) is 17.3. The summed E-state index contributed by atoms with van der Waals surface area (Å²) in [5.74, 6) is 0.759. The Morgan fingerprint density at radius 3 is 2.52 bits per heavy atom. The van der Waals surface area contributed by atoms with Crippen LogP contribution in [0.15, 0.2) is 48.5 Å². The van der Waals surface area contributed by atoms with E-state index in [0.717, 1.165) is 22.6 Å². The lowest BCUT2D eigenvalue weighted by Gasteiger charge is -2.24. The van der Waals surface area contributed by atoms with E-state index in [9.17, 15) is 8.42 Å². The van der Waals surface area contributed by atoms with E-state index in [4.69, 9.17) is 9.57 Å². The Kier molecular flexibility index (Phi) is 6.79. The minimum absolute atomic E-state index is 0.126. The van der Waals surface area contributed by atoms with E-state index >= 15 is 0 Å². The van der Waals surface area contributed by atoms with Crippen molar-refractivity contribution in [3.05, 3.63) is 59.7 Å². The van der Waals surface area contributed by atoms with Crippen molar-refractivity contribution in [3.8, 4) is 5.75 Å². The van der Waals surface area contributed by atoms with Gasteiger partial charge in [0.05, 0.1) is 19.8 Å². The second-order valence-corrected chi connectivity index (χ2v) is 9.30. The van der Waals surface area contributed by atoms with Gasteiger partial charge in [-0.2, -0.15) is 5.06 Å². The van der Waals surface area contributed by atoms with Gasteiger partial charge in [0, 0.05) is 33.4 Å². The van der Waals surface area contributed by atoms with Gasteiger partial charge in [0.2, 0.25) is 10.0 Å². The Bertz CT molecular complexity index is 916. The molecule has 2 aromatic rings. The smallest absolute Gasteiger partial charge is 0.218 e. The summed E-state index contributed by atoms with van der Waals surface area (Å²) in [6.07, 6.45) is 0.550. The highest BCUT2D eigenvalue weighted by Gasteiger charge is 2.43. The molecule has 0 radical (unpaired) electrons. The molecule has 0 bridgehead atoms. The molecule has 1 fully saturated rings. The van der Waals surface area contributed by atoms with Crippen molar-refractivity contribution in [2.45, 2.75) is 17.7 Å². The lowest BCUT2D eigenvalue weighted by molar-refractivity contribution is -0.110. The van der Waals surface area contributed by atoms with Crippen LogP contribution in [0.2, 0.25) is 0 Å². The van der Waals surface area contributed by atoms with Crippen LogP contribution in [0, 0.1) is 0 Å². The molecule has 1 heterocycles. The van der Waals surface area contributed by atoms with Gasteiger partial charge < -0.3 is 9.64 Å². The lowest BCUT2D eigenvalue weighted by Crippen LogP contribution is -2.40. The summed E-state index contributed by atoms with van der Waals surface area (Å²) in [6, 6.07) is 15.1. The number of benzene rings is 2. The molecule has 1 aliphatic rings. The number of hydrogen-bond donors (Lipinski definition) is 1. The van der Waals surface area contributed by atoms with E-state index in [1.807, 2.05) is 67.5 Å². The molecule has 29 heavy (non-hydrogen) atoms. The number of sulfonamides is 1. The first-order valence-corrected chi connectivity index (χ1v) is 11.1. The maximum absolute atomic E-state index is 13.0. The highest BCUT2D eigenvalue weighted by Crippen LogP contribution is 2.34. The molecule has 1 saturated heterocycles. The zero-order valence-corrected chi connectivity index (χ0v) is 18.1. The van der Waals surface area contributed by atoms with Crippen molar-refractivity contribution >= 4 is 15.7 Å². The van der Waals surface area contributed by atoms with E-state index in [0.29, 0.717) is 13.0 Å². The third kappa shape index (κ3) is 4.90. The molecule has 0 amide bonds. The van der Waals surface area contributed by atoms with Gasteiger partial charge in [0.15, 0.2) is 0 Å². The summed E-state index contributed by atoms with van der Waals surface area (Å²) in [5, 5.41) is 0.949. The van der Waals surface area contributed by atoms with Crippen LogP contribution in [-0.2, 0) is 21.3 Å². The predicted molar refractivity (Wildman–Crippen MR) is 115 cm³/mol. The third-order valence-corrected chi connectivity index (χ3v) is 7.02. The molecule has 1 aliphatic heterocycles. The molecule has 0 aliphatic carbocycles. The minimum atomic E-state index is -3.57. The molecule has 3 rings (SSSR count). The first-order chi connectivity index (χ1) is 13.8. The Morgan fingerprint density at radius 2 is 1.86 bits per heavy atom. The quantitative estimate of drug-likeness (QED) is 0.707. The lowest BCUT2D eigenvalue weighted by atomic mass is 10.0. The summed E-state index contributed by atoms with van der Waals surface area (Å²) in [5.41, 5.74) is 2.94. The van der Waals surface area contributed by atoms with Gasteiger partial charge in [-0.1, -0.05) is 30.3 Å². The number of hydrogen-bond acceptors (Lipinski definition) is 6. The molecule has 2 aromatic carbocycles. The summed E-state index contributed by atoms with van der Waals surface area (Å²) < 4.78 is 34.1. The van der Waals surface area contributed by atoms with Crippen molar-refractivity contribution in [1.82, 2.24) is 9.79 Å². The molecule has 0 unspecified atom stereocenters. The van der Waals surface area contributed by atoms with Gasteiger partial charge in [0.1, 0.15) is 11.0 Å². The number of methoxy groups -OCH3 is 1. The third-order valence-electron chi connectivity index (χ3n) is 5.23. The topological polar surface area (TPSA) is 71.1 Å². The molecule has 1 N–H and O–H groups in total. The fraction of sp³-hybridized carbons (Fsp3) is 0.429. The van der Waals surface area contributed by atoms with Crippen LogP contribution in [0.3, 0.4) is 0 Å². The zero-order chi connectivity index (χ0) is 21.0. The van der Waals surface area contributed by atoms with Crippen LogP contribution in [0.25, 0.3) is 0 Å². The van der Waals surface area contributed by atoms with Gasteiger partial charge >= 0.3 is 0 Å². The van der Waals surface area contributed by atoms with Gasteiger partial charge in [-0.3, -0.25) is 4.84 Å². The van der Waals surface area contributed by atoms with Crippen LogP contribution in [0.4, 0.5) is 5.69 Å². The van der Waals surface area contributed by atoms with Gasteiger partial charge in [0.25, 0.3) is 0 Å². The maximum Gasteiger partial charge on any atom is 0.218 e. The maximum atomic E-state index is 13.0. The molecule has 0 aromatic heterocycles. The van der Waals surface area contributed by atoms with Crippen LogP contribution in [0.5, 0.6) is 5.75 Å². The molecule has 158 valence electrons. The summed E-state index contributed by atoms with van der Waals surface area (Å²) in [4.78, 5) is 7.59. The number of anilines is 1. The second-order valence-electron chi connectivity index (χ2n) is 7.31. The normalized spacial score (nSPS) is 20.0. The van der Waals surface area contributed by atoms with E-state index in [2.05, 4.69) is 4.72 Å². The standard InChI is InChI=1S/C21H29N3O4S/c1-23(2)18-11-9-17(10-12-18)21-20(15-28-24(21)3)29(25,26)22-14-13-16-7-5-6-8-19(16)27-4/h5-12,20-22H,13-15H2,1-4H3/t20-,21-/m1/s1. The SMILES string of the molecule is COc1ccccc1CCNS(=O)(=O)[C@@H]1CON(C)[C@@H]1c1ccc(N(C)C)cc1. The van der Waals surface area contributed by atoms with Crippen LogP contribution >= 0.6 is 0 Å².